The number of carbonyl (C=O) groups is 2. The van der Waals surface area contributed by atoms with E-state index in [4.69, 9.17) is 23.7 Å². The number of aliphatic hydroxyl groups excluding tert-OH is 7. The Balaban J connectivity index is 1.57. The van der Waals surface area contributed by atoms with Crippen LogP contribution in [-0.4, -0.2) is 152 Å². The van der Waals surface area contributed by atoms with Crippen LogP contribution in [0, 0.1) is 0 Å². The fraction of sp³-hybridized carbons (Fsp3) is 0.923. The first-order valence-corrected chi connectivity index (χ1v) is 14.2. The Morgan fingerprint density at radius 3 is 2.31 bits per heavy atom. The summed E-state index contributed by atoms with van der Waals surface area (Å²) in [7, 11) is 0. The molecule has 16 nitrogen and oxygen atoms in total. The molecular formula is C26H45NO15. The molecule has 0 aromatic heterocycles. The molecule has 3 aliphatic rings. The lowest BCUT2D eigenvalue weighted by atomic mass is 9.88. The van der Waals surface area contributed by atoms with Crippen LogP contribution in [0.1, 0.15) is 52.4 Å². The Kier molecular flexibility index (Phi) is 12.9. The predicted octanol–water partition coefficient (Wildman–Crippen LogP) is -3.29. The van der Waals surface area contributed by atoms with E-state index < -0.39 is 104 Å². The van der Waals surface area contributed by atoms with Gasteiger partial charge >= 0.3 is 5.97 Å². The van der Waals surface area contributed by atoms with Crippen molar-refractivity contribution in [3.05, 3.63) is 0 Å². The number of hydrogen-bond acceptors (Lipinski definition) is 14. The van der Waals surface area contributed by atoms with Crippen LogP contribution in [0.4, 0.5) is 0 Å². The van der Waals surface area contributed by atoms with Crippen molar-refractivity contribution in [2.75, 3.05) is 19.8 Å². The molecule has 0 spiro atoms. The van der Waals surface area contributed by atoms with Crippen LogP contribution >= 0.6 is 0 Å². The van der Waals surface area contributed by atoms with Gasteiger partial charge in [0.15, 0.2) is 6.29 Å². The lowest BCUT2D eigenvalue weighted by Gasteiger charge is -2.46. The number of ether oxygens (including phenoxy) is 5. The zero-order valence-electron chi connectivity index (χ0n) is 23.7. The third-order valence-electron chi connectivity index (χ3n) is 7.90. The van der Waals surface area contributed by atoms with Crippen molar-refractivity contribution in [1.82, 2.24) is 5.32 Å². The molecule has 0 bridgehead atoms. The molecule has 1 unspecified atom stereocenters. The molecule has 9 N–H and O–H groups in total. The highest BCUT2D eigenvalue weighted by molar-refractivity contribution is 5.76. The molecule has 13 atom stereocenters. The summed E-state index contributed by atoms with van der Waals surface area (Å²) in [4.78, 5) is 23.9. The number of hydrogen-bond donors (Lipinski definition) is 9. The van der Waals surface area contributed by atoms with Gasteiger partial charge in [-0.15, -0.1) is 0 Å². The Morgan fingerprint density at radius 1 is 1.02 bits per heavy atom. The zero-order chi connectivity index (χ0) is 31.2. The van der Waals surface area contributed by atoms with Crippen molar-refractivity contribution in [3.63, 3.8) is 0 Å². The number of aliphatic carboxylic acids is 1. The number of rotatable bonds is 13. The van der Waals surface area contributed by atoms with E-state index >= 15 is 0 Å². The molecule has 2 heterocycles. The van der Waals surface area contributed by atoms with Crippen molar-refractivity contribution < 1.29 is 74.1 Å². The number of carbonyl (C=O) groups excluding carboxylic acids is 1. The maximum absolute atomic E-state index is 12.2. The Morgan fingerprint density at radius 2 is 1.69 bits per heavy atom. The van der Waals surface area contributed by atoms with E-state index in [9.17, 15) is 50.4 Å². The third kappa shape index (κ3) is 8.34. The molecule has 1 aliphatic carbocycles. The van der Waals surface area contributed by atoms with Gasteiger partial charge < -0.3 is 69.9 Å². The number of carboxylic acid groups (broad SMARTS) is 1. The van der Waals surface area contributed by atoms with E-state index in [1.165, 1.54) is 0 Å². The van der Waals surface area contributed by atoms with Crippen molar-refractivity contribution in [1.29, 1.82) is 0 Å². The van der Waals surface area contributed by atoms with E-state index in [-0.39, 0.29) is 19.6 Å². The van der Waals surface area contributed by atoms with E-state index in [0.29, 0.717) is 12.8 Å². The predicted molar refractivity (Wildman–Crippen MR) is 139 cm³/mol. The average Bonchev–Trinajstić information content (AvgIpc) is 2.95. The van der Waals surface area contributed by atoms with E-state index in [1.54, 1.807) is 6.92 Å². The fourth-order valence-corrected chi connectivity index (χ4v) is 5.51. The van der Waals surface area contributed by atoms with Gasteiger partial charge in [-0.1, -0.05) is 12.8 Å². The van der Waals surface area contributed by atoms with Crippen LogP contribution in [0.25, 0.3) is 0 Å². The van der Waals surface area contributed by atoms with Gasteiger partial charge in [-0.3, -0.25) is 4.79 Å². The molecule has 1 saturated carbocycles. The first kappa shape index (κ1) is 34.9. The standard InChI is InChI=1S/C26H45NO15/c1-12-19(32)21(34)22(35)24(40-12)41-17-7-4-3-6-16(17)38-8-5-9-39-26(25(36)37)10-14(30)18(27-13(2)29)23(42-26)20(33)15(31)11-28/h12,14-24,28,30-35H,3-11H2,1-2H3,(H,27,29)(H,36,37)/t12-,14-,15?,16+,17+,18+,19+,20+,21+,22-,23+,24-,26+/m0/s1. The smallest absolute Gasteiger partial charge is 0.364 e. The lowest BCUT2D eigenvalue weighted by molar-refractivity contribution is -0.315. The molecular weight excluding hydrogens is 566 g/mol. The number of amides is 1. The van der Waals surface area contributed by atoms with Crippen LogP contribution in [0.15, 0.2) is 0 Å². The molecule has 3 rings (SSSR count). The van der Waals surface area contributed by atoms with E-state index in [1.807, 2.05) is 0 Å². The molecule has 3 fully saturated rings. The minimum absolute atomic E-state index is 0.110. The largest absolute Gasteiger partial charge is 0.477 e. The number of aliphatic hydroxyl groups is 7. The van der Waals surface area contributed by atoms with Crippen LogP contribution in [0.2, 0.25) is 0 Å². The van der Waals surface area contributed by atoms with E-state index in [0.717, 1.165) is 19.8 Å². The minimum atomic E-state index is -2.43. The second kappa shape index (κ2) is 15.5. The summed E-state index contributed by atoms with van der Waals surface area (Å²) in [5.74, 6) is -4.63. The summed E-state index contributed by atoms with van der Waals surface area (Å²) in [5, 5.41) is 83.0. The van der Waals surface area contributed by atoms with Gasteiger partial charge in [0.05, 0.1) is 43.7 Å². The normalized spacial score (nSPS) is 40.7. The van der Waals surface area contributed by atoms with Gasteiger partial charge in [0.2, 0.25) is 5.91 Å². The topological polar surface area (TPSA) is 254 Å². The summed E-state index contributed by atoms with van der Waals surface area (Å²) in [5.41, 5.74) is 0. The number of nitrogens with one attached hydrogen (secondary N) is 1. The Labute approximate surface area is 243 Å². The van der Waals surface area contributed by atoms with Crippen molar-refractivity contribution in [3.8, 4) is 0 Å². The first-order chi connectivity index (χ1) is 19.8. The van der Waals surface area contributed by atoms with Gasteiger partial charge in [-0.05, 0) is 26.2 Å². The molecule has 1 amide bonds. The summed E-state index contributed by atoms with van der Waals surface area (Å²) in [6, 6.07) is -1.29. The van der Waals surface area contributed by atoms with Gasteiger partial charge in [-0.25, -0.2) is 4.79 Å². The molecule has 0 radical (unpaired) electrons. The average molecular weight is 612 g/mol. The molecule has 0 aromatic carbocycles. The van der Waals surface area contributed by atoms with Gasteiger partial charge in [0.25, 0.3) is 5.79 Å². The second-order valence-corrected chi connectivity index (χ2v) is 11.1. The van der Waals surface area contributed by atoms with Crippen LogP contribution < -0.4 is 5.32 Å². The highest BCUT2D eigenvalue weighted by Gasteiger charge is 2.55. The van der Waals surface area contributed by atoms with Crippen LogP contribution in [-0.2, 0) is 33.3 Å². The lowest BCUT2D eigenvalue weighted by Crippen LogP contribution is -2.67. The fourth-order valence-electron chi connectivity index (χ4n) is 5.51. The monoisotopic (exact) mass is 611 g/mol. The molecule has 2 aliphatic heterocycles. The summed E-state index contributed by atoms with van der Waals surface area (Å²) < 4.78 is 28.6. The van der Waals surface area contributed by atoms with Crippen molar-refractivity contribution in [2.45, 2.75) is 132 Å². The zero-order valence-corrected chi connectivity index (χ0v) is 23.7. The maximum atomic E-state index is 12.2. The molecule has 0 aromatic rings. The van der Waals surface area contributed by atoms with Crippen molar-refractivity contribution >= 4 is 11.9 Å². The minimum Gasteiger partial charge on any atom is -0.477 e. The summed E-state index contributed by atoms with van der Waals surface area (Å²) in [6.45, 7) is 1.72. The van der Waals surface area contributed by atoms with Gasteiger partial charge in [0, 0.05) is 20.0 Å². The molecule has 16 heteroatoms. The highest BCUT2D eigenvalue weighted by atomic mass is 16.7. The van der Waals surface area contributed by atoms with Gasteiger partial charge in [0.1, 0.15) is 36.6 Å². The summed E-state index contributed by atoms with van der Waals surface area (Å²) in [6.07, 6.45) is -11.2. The van der Waals surface area contributed by atoms with Crippen LogP contribution in [0.5, 0.6) is 0 Å². The van der Waals surface area contributed by atoms with Gasteiger partial charge in [-0.2, -0.15) is 0 Å². The maximum Gasteiger partial charge on any atom is 0.364 e. The number of carboxylic acids is 1. The highest BCUT2D eigenvalue weighted by Crippen LogP contribution is 2.34. The molecule has 244 valence electrons. The third-order valence-corrected chi connectivity index (χ3v) is 7.90. The second-order valence-electron chi connectivity index (χ2n) is 11.1. The Bertz CT molecular complexity index is 881. The molecule has 42 heavy (non-hydrogen) atoms. The quantitative estimate of drug-likeness (QED) is 0.0925. The Hall–Kier alpha value is -1.54. The van der Waals surface area contributed by atoms with Crippen molar-refractivity contribution in [2.24, 2.45) is 0 Å². The SMILES string of the molecule is CC(=O)N[C@H]1[C@H]([C@H](O)C(O)CO)O[C@@](OCCCO[C@@H]2CCCC[C@H]2O[C@@H]2O[C@@H](C)[C@@H](O)[C@@H](O)[C@@H]2O)(C(=O)O)C[C@@H]1O. The summed E-state index contributed by atoms with van der Waals surface area (Å²) >= 11 is 0. The van der Waals surface area contributed by atoms with E-state index in [2.05, 4.69) is 5.32 Å². The molecule has 2 saturated heterocycles. The van der Waals surface area contributed by atoms with Crippen LogP contribution in [0.3, 0.4) is 0 Å². The first-order valence-electron chi connectivity index (χ1n) is 14.2.